The third kappa shape index (κ3) is 4.42. The highest BCUT2D eigenvalue weighted by Crippen LogP contribution is 2.26. The lowest BCUT2D eigenvalue weighted by molar-refractivity contribution is 0.252. The van der Waals surface area contributed by atoms with Crippen molar-refractivity contribution < 1.29 is 22.0 Å². The Morgan fingerprint density at radius 3 is 2.42 bits per heavy atom. The molecule has 0 bridgehead atoms. The quantitative estimate of drug-likeness (QED) is 0.771. The number of hydrogen-bond donors (Lipinski definition) is 3. The van der Waals surface area contributed by atoms with E-state index in [0.717, 1.165) is 30.3 Å². The van der Waals surface area contributed by atoms with E-state index in [0.29, 0.717) is 6.54 Å². The predicted octanol–water partition coefficient (Wildman–Crippen LogP) is 2.91. The van der Waals surface area contributed by atoms with Crippen molar-refractivity contribution in [3.63, 3.8) is 0 Å². The summed E-state index contributed by atoms with van der Waals surface area (Å²) >= 11 is 0. The highest BCUT2D eigenvalue weighted by atomic mass is 32.2. The number of halogens is 2. The molecule has 0 heterocycles. The monoisotopic (exact) mass is 355 g/mol. The maximum absolute atomic E-state index is 13.4. The molecule has 0 aromatic heterocycles. The highest BCUT2D eigenvalue weighted by Gasteiger charge is 2.18. The summed E-state index contributed by atoms with van der Waals surface area (Å²) in [5.74, 6) is -1.37. The number of benzene rings is 2. The third-order valence-electron chi connectivity index (χ3n) is 2.92. The summed E-state index contributed by atoms with van der Waals surface area (Å²) in [6.07, 6.45) is 0. The minimum absolute atomic E-state index is 0.0492. The Morgan fingerprint density at radius 2 is 1.75 bits per heavy atom. The first-order valence-electron chi connectivity index (χ1n) is 6.94. The van der Waals surface area contributed by atoms with Crippen molar-refractivity contribution in [2.45, 2.75) is 11.8 Å². The molecule has 2 aromatic carbocycles. The Labute approximate surface area is 137 Å². The third-order valence-corrected chi connectivity index (χ3v) is 4.28. The first-order valence-corrected chi connectivity index (χ1v) is 8.43. The van der Waals surface area contributed by atoms with Gasteiger partial charge in [0, 0.05) is 6.54 Å². The number of sulfonamides is 1. The molecule has 0 radical (unpaired) electrons. The van der Waals surface area contributed by atoms with Crippen molar-refractivity contribution >= 4 is 27.4 Å². The molecule has 0 aliphatic carbocycles. The highest BCUT2D eigenvalue weighted by molar-refractivity contribution is 7.92. The van der Waals surface area contributed by atoms with Crippen molar-refractivity contribution in [1.29, 1.82) is 0 Å². The number of carbonyl (C=O) groups excluding carboxylic acids is 1. The molecule has 0 spiro atoms. The normalized spacial score (nSPS) is 11.0. The van der Waals surface area contributed by atoms with Crippen molar-refractivity contribution in [2.24, 2.45) is 0 Å². The Morgan fingerprint density at radius 1 is 1.04 bits per heavy atom. The molecule has 2 rings (SSSR count). The molecule has 2 aromatic rings. The van der Waals surface area contributed by atoms with E-state index in [2.05, 4.69) is 15.4 Å². The van der Waals surface area contributed by atoms with Crippen LogP contribution in [0.2, 0.25) is 0 Å². The van der Waals surface area contributed by atoms with Crippen LogP contribution >= 0.6 is 0 Å². The summed E-state index contributed by atoms with van der Waals surface area (Å²) in [4.78, 5) is 11.3. The molecule has 0 aliphatic rings. The average Bonchev–Trinajstić information content (AvgIpc) is 2.50. The van der Waals surface area contributed by atoms with Gasteiger partial charge in [-0.3, -0.25) is 4.72 Å². The van der Waals surface area contributed by atoms with E-state index in [1.165, 1.54) is 12.1 Å². The number of anilines is 2. The van der Waals surface area contributed by atoms with Crippen LogP contribution < -0.4 is 15.4 Å². The zero-order valence-electron chi connectivity index (χ0n) is 12.6. The number of nitrogens with one attached hydrogen (secondary N) is 3. The summed E-state index contributed by atoms with van der Waals surface area (Å²) in [7, 11) is -4.10. The second kappa shape index (κ2) is 7.26. The van der Waals surface area contributed by atoms with Crippen LogP contribution in [-0.2, 0) is 10.0 Å². The van der Waals surface area contributed by atoms with Crippen LogP contribution in [0.15, 0.2) is 47.4 Å². The molecule has 0 atom stereocenters. The molecule has 0 saturated heterocycles. The number of rotatable bonds is 5. The molecular formula is C15H15F2N3O3S. The fourth-order valence-corrected chi connectivity index (χ4v) is 2.98. The van der Waals surface area contributed by atoms with E-state index in [1.54, 1.807) is 6.92 Å². The van der Waals surface area contributed by atoms with Gasteiger partial charge in [0.25, 0.3) is 10.0 Å². The first-order chi connectivity index (χ1) is 11.3. The van der Waals surface area contributed by atoms with E-state index in [-0.39, 0.29) is 16.3 Å². The number of urea groups is 1. The molecule has 0 aliphatic heterocycles. The second-order valence-corrected chi connectivity index (χ2v) is 6.42. The fraction of sp³-hybridized carbons (Fsp3) is 0.133. The van der Waals surface area contributed by atoms with E-state index >= 15 is 0 Å². The van der Waals surface area contributed by atoms with E-state index in [4.69, 9.17) is 0 Å². The largest absolute Gasteiger partial charge is 0.338 e. The Balaban J connectivity index is 2.33. The van der Waals surface area contributed by atoms with Crippen LogP contribution in [0.3, 0.4) is 0 Å². The summed E-state index contributed by atoms with van der Waals surface area (Å²) in [5.41, 5.74) is -0.118. The predicted molar refractivity (Wildman–Crippen MR) is 86.3 cm³/mol. The van der Waals surface area contributed by atoms with Crippen LogP contribution in [0.5, 0.6) is 0 Å². The van der Waals surface area contributed by atoms with Crippen molar-refractivity contribution in [3.8, 4) is 0 Å². The van der Waals surface area contributed by atoms with Crippen molar-refractivity contribution in [3.05, 3.63) is 54.1 Å². The van der Waals surface area contributed by atoms with Gasteiger partial charge in [-0.1, -0.05) is 6.07 Å². The van der Waals surface area contributed by atoms with Crippen LogP contribution in [0.25, 0.3) is 0 Å². The van der Waals surface area contributed by atoms with Gasteiger partial charge >= 0.3 is 6.03 Å². The summed E-state index contributed by atoms with van der Waals surface area (Å²) < 4.78 is 53.4. The molecule has 0 unspecified atom stereocenters. The van der Waals surface area contributed by atoms with E-state index < -0.39 is 27.7 Å². The Hall–Kier alpha value is -2.68. The van der Waals surface area contributed by atoms with Crippen LogP contribution in [0.1, 0.15) is 6.92 Å². The van der Waals surface area contributed by atoms with Gasteiger partial charge in [-0.05, 0) is 43.3 Å². The smallest absolute Gasteiger partial charge is 0.319 e. The van der Waals surface area contributed by atoms with Crippen LogP contribution in [0, 0.1) is 11.6 Å². The molecule has 2 amide bonds. The van der Waals surface area contributed by atoms with Gasteiger partial charge in [0.15, 0.2) is 0 Å². The summed E-state index contributed by atoms with van der Waals surface area (Å²) in [6.45, 7) is 2.03. The maximum atomic E-state index is 13.4. The van der Waals surface area contributed by atoms with Gasteiger partial charge in [-0.2, -0.15) is 0 Å². The topological polar surface area (TPSA) is 87.3 Å². The lowest BCUT2D eigenvalue weighted by Crippen LogP contribution is -2.28. The second-order valence-electron chi connectivity index (χ2n) is 4.74. The zero-order chi connectivity index (χ0) is 17.7. The molecule has 3 N–H and O–H groups in total. The number of hydrogen-bond acceptors (Lipinski definition) is 3. The molecule has 9 heteroatoms. The van der Waals surface area contributed by atoms with E-state index in [1.807, 2.05) is 0 Å². The van der Waals surface area contributed by atoms with Gasteiger partial charge in [0.05, 0.1) is 16.3 Å². The molecule has 0 fully saturated rings. The molecule has 6 nitrogen and oxygen atoms in total. The molecule has 24 heavy (non-hydrogen) atoms. The SMILES string of the molecule is CCNC(=O)Nc1cc(F)ccc1NS(=O)(=O)c1cccc(F)c1. The van der Waals surface area contributed by atoms with Gasteiger partial charge in [0.2, 0.25) is 0 Å². The fourth-order valence-electron chi connectivity index (χ4n) is 1.87. The van der Waals surface area contributed by atoms with Gasteiger partial charge in [-0.15, -0.1) is 0 Å². The summed E-state index contributed by atoms with van der Waals surface area (Å²) in [5, 5.41) is 4.79. The van der Waals surface area contributed by atoms with Gasteiger partial charge < -0.3 is 10.6 Å². The van der Waals surface area contributed by atoms with Gasteiger partial charge in [0.1, 0.15) is 11.6 Å². The number of amides is 2. The zero-order valence-corrected chi connectivity index (χ0v) is 13.5. The Kier molecular flexibility index (Phi) is 5.35. The molecule has 0 saturated carbocycles. The standard InChI is InChI=1S/C15H15F2N3O3S/c1-2-18-15(21)19-14-9-11(17)6-7-13(14)20-24(22,23)12-5-3-4-10(16)8-12/h3-9,20H,2H2,1H3,(H2,18,19,21). The van der Waals surface area contributed by atoms with Crippen molar-refractivity contribution in [1.82, 2.24) is 5.32 Å². The van der Waals surface area contributed by atoms with Crippen molar-refractivity contribution in [2.75, 3.05) is 16.6 Å². The van der Waals surface area contributed by atoms with Gasteiger partial charge in [-0.25, -0.2) is 22.0 Å². The van der Waals surface area contributed by atoms with Crippen LogP contribution in [-0.4, -0.2) is 21.0 Å². The molecular weight excluding hydrogens is 340 g/mol. The maximum Gasteiger partial charge on any atom is 0.319 e. The minimum atomic E-state index is -4.10. The Bertz CT molecular complexity index is 857. The first kappa shape index (κ1) is 17.7. The lowest BCUT2D eigenvalue weighted by Gasteiger charge is -2.14. The summed E-state index contributed by atoms with van der Waals surface area (Å²) in [6, 6.07) is 6.98. The van der Waals surface area contributed by atoms with Crippen LogP contribution in [0.4, 0.5) is 25.0 Å². The average molecular weight is 355 g/mol. The molecule has 128 valence electrons. The van der Waals surface area contributed by atoms with E-state index in [9.17, 15) is 22.0 Å². The number of carbonyl (C=O) groups is 1. The minimum Gasteiger partial charge on any atom is -0.338 e. The lowest BCUT2D eigenvalue weighted by atomic mass is 10.2.